The SMILES string of the molecule is C[C@H](NC(=O)c1cccc([N+](=O)[O-])c1)C(=O)NNC(=O)c1ccc(-n2cnnn2)cc1. The zero-order valence-electron chi connectivity index (χ0n) is 16.1. The maximum absolute atomic E-state index is 12.2. The van der Waals surface area contributed by atoms with Crippen molar-refractivity contribution in [3.63, 3.8) is 0 Å². The summed E-state index contributed by atoms with van der Waals surface area (Å²) in [6.45, 7) is 1.40. The standard InChI is InChI=1S/C18H16N8O5/c1-11(20-17(28)13-3-2-4-15(9-13)26(30)31)16(27)21-22-18(29)12-5-7-14(8-6-12)25-10-19-23-24-25/h2-11H,1H3,(H,20,28)(H,21,27)(H,22,29)/t11-/m0/s1. The van der Waals surface area contributed by atoms with Gasteiger partial charge >= 0.3 is 0 Å². The van der Waals surface area contributed by atoms with E-state index in [0.717, 1.165) is 6.07 Å². The van der Waals surface area contributed by atoms with Crippen LogP contribution in [0.4, 0.5) is 5.69 Å². The number of rotatable bonds is 6. The van der Waals surface area contributed by atoms with Crippen LogP contribution in [0.2, 0.25) is 0 Å². The largest absolute Gasteiger partial charge is 0.340 e. The summed E-state index contributed by atoms with van der Waals surface area (Å²) in [5.74, 6) is -1.93. The molecule has 3 aromatic rings. The second kappa shape index (κ2) is 9.21. The smallest absolute Gasteiger partial charge is 0.270 e. The normalized spacial score (nSPS) is 11.3. The highest BCUT2D eigenvalue weighted by molar-refractivity contribution is 5.99. The van der Waals surface area contributed by atoms with Gasteiger partial charge < -0.3 is 5.32 Å². The predicted octanol–water partition coefficient (Wildman–Crippen LogP) is 0.150. The molecule has 0 aliphatic carbocycles. The van der Waals surface area contributed by atoms with Crippen molar-refractivity contribution < 1.29 is 19.3 Å². The molecule has 0 aliphatic rings. The second-order valence-electron chi connectivity index (χ2n) is 6.25. The molecule has 1 aromatic heterocycles. The third kappa shape index (κ3) is 5.23. The Morgan fingerprint density at radius 2 is 1.77 bits per heavy atom. The van der Waals surface area contributed by atoms with E-state index in [4.69, 9.17) is 0 Å². The summed E-state index contributed by atoms with van der Waals surface area (Å²) >= 11 is 0. The number of nitrogens with one attached hydrogen (secondary N) is 3. The van der Waals surface area contributed by atoms with E-state index >= 15 is 0 Å². The van der Waals surface area contributed by atoms with Gasteiger partial charge in [-0.25, -0.2) is 4.68 Å². The van der Waals surface area contributed by atoms with E-state index in [1.807, 2.05) is 0 Å². The number of nitro benzene ring substituents is 1. The molecule has 3 rings (SSSR count). The number of carbonyl (C=O) groups is 3. The van der Waals surface area contributed by atoms with Gasteiger partial charge in [0.15, 0.2) is 0 Å². The summed E-state index contributed by atoms with van der Waals surface area (Å²) in [5.41, 5.74) is 5.15. The van der Waals surface area contributed by atoms with Crippen molar-refractivity contribution in [1.29, 1.82) is 0 Å². The highest BCUT2D eigenvalue weighted by Gasteiger charge is 2.19. The molecule has 0 radical (unpaired) electrons. The zero-order valence-corrected chi connectivity index (χ0v) is 16.1. The molecule has 0 aliphatic heterocycles. The van der Waals surface area contributed by atoms with Crippen molar-refractivity contribution in [2.45, 2.75) is 13.0 Å². The Hall–Kier alpha value is -4.68. The van der Waals surface area contributed by atoms with Crippen LogP contribution in [0.1, 0.15) is 27.6 Å². The van der Waals surface area contributed by atoms with E-state index in [2.05, 4.69) is 31.7 Å². The van der Waals surface area contributed by atoms with Gasteiger partial charge in [-0.1, -0.05) is 6.07 Å². The fourth-order valence-electron chi connectivity index (χ4n) is 2.45. The van der Waals surface area contributed by atoms with Gasteiger partial charge in [-0.2, -0.15) is 0 Å². The molecule has 0 saturated heterocycles. The summed E-state index contributed by atoms with van der Waals surface area (Å²) in [6, 6.07) is 10.4. The van der Waals surface area contributed by atoms with Gasteiger partial charge in [0.2, 0.25) is 0 Å². The van der Waals surface area contributed by atoms with Crippen molar-refractivity contribution >= 4 is 23.4 Å². The Bertz CT molecular complexity index is 1110. The first-order valence-corrected chi connectivity index (χ1v) is 8.84. The van der Waals surface area contributed by atoms with Gasteiger partial charge in [-0.15, -0.1) is 5.10 Å². The van der Waals surface area contributed by atoms with Crippen molar-refractivity contribution in [1.82, 2.24) is 36.4 Å². The molecule has 13 nitrogen and oxygen atoms in total. The van der Waals surface area contributed by atoms with Gasteiger partial charge in [0.05, 0.1) is 10.6 Å². The van der Waals surface area contributed by atoms with Crippen molar-refractivity contribution in [3.8, 4) is 5.69 Å². The molecular formula is C18H16N8O5. The number of hydrogen-bond donors (Lipinski definition) is 3. The Kier molecular flexibility index (Phi) is 6.25. The van der Waals surface area contributed by atoms with Crippen molar-refractivity contribution in [2.75, 3.05) is 0 Å². The summed E-state index contributed by atoms with van der Waals surface area (Å²) < 4.78 is 1.41. The lowest BCUT2D eigenvalue weighted by atomic mass is 10.1. The second-order valence-corrected chi connectivity index (χ2v) is 6.25. The minimum Gasteiger partial charge on any atom is -0.340 e. The third-order valence-corrected chi connectivity index (χ3v) is 4.10. The number of hydrogen-bond acceptors (Lipinski definition) is 8. The maximum Gasteiger partial charge on any atom is 0.270 e. The Labute approximate surface area is 174 Å². The van der Waals surface area contributed by atoms with Crippen LogP contribution in [0.15, 0.2) is 54.9 Å². The Morgan fingerprint density at radius 3 is 2.42 bits per heavy atom. The molecule has 0 unspecified atom stereocenters. The van der Waals surface area contributed by atoms with Gasteiger partial charge in [0.25, 0.3) is 23.4 Å². The monoisotopic (exact) mass is 424 g/mol. The lowest BCUT2D eigenvalue weighted by molar-refractivity contribution is -0.384. The highest BCUT2D eigenvalue weighted by Crippen LogP contribution is 2.13. The van der Waals surface area contributed by atoms with Crippen LogP contribution in [0.25, 0.3) is 5.69 Å². The minimum absolute atomic E-state index is 0.0283. The number of tetrazole rings is 1. The molecule has 3 N–H and O–H groups in total. The van der Waals surface area contributed by atoms with Crippen LogP contribution >= 0.6 is 0 Å². The van der Waals surface area contributed by atoms with Crippen molar-refractivity contribution in [3.05, 3.63) is 76.1 Å². The summed E-state index contributed by atoms with van der Waals surface area (Å²) in [6.07, 6.45) is 1.40. The molecule has 1 heterocycles. The highest BCUT2D eigenvalue weighted by atomic mass is 16.6. The van der Waals surface area contributed by atoms with Crippen LogP contribution < -0.4 is 16.2 Å². The van der Waals surface area contributed by atoms with Crippen LogP contribution in [0.5, 0.6) is 0 Å². The van der Waals surface area contributed by atoms with E-state index in [-0.39, 0.29) is 16.8 Å². The molecule has 0 spiro atoms. The molecular weight excluding hydrogens is 408 g/mol. The van der Waals surface area contributed by atoms with Crippen LogP contribution in [0.3, 0.4) is 0 Å². The third-order valence-electron chi connectivity index (χ3n) is 4.10. The number of nitrogens with zero attached hydrogens (tertiary/aromatic N) is 5. The number of non-ortho nitro benzene ring substituents is 1. The molecule has 158 valence electrons. The van der Waals surface area contributed by atoms with Crippen LogP contribution in [-0.2, 0) is 4.79 Å². The minimum atomic E-state index is -1.02. The van der Waals surface area contributed by atoms with Gasteiger partial charge in [0.1, 0.15) is 12.4 Å². The first-order valence-electron chi connectivity index (χ1n) is 8.84. The van der Waals surface area contributed by atoms with E-state index in [9.17, 15) is 24.5 Å². The maximum atomic E-state index is 12.2. The predicted molar refractivity (Wildman–Crippen MR) is 105 cm³/mol. The Balaban J connectivity index is 1.52. The zero-order chi connectivity index (χ0) is 22.4. The van der Waals surface area contributed by atoms with Gasteiger partial charge in [0, 0.05) is 23.3 Å². The number of benzene rings is 2. The summed E-state index contributed by atoms with van der Waals surface area (Å²) in [7, 11) is 0. The molecule has 0 bridgehead atoms. The van der Waals surface area contributed by atoms with E-state index in [1.54, 1.807) is 12.1 Å². The fraction of sp³-hybridized carbons (Fsp3) is 0.111. The summed E-state index contributed by atoms with van der Waals surface area (Å²) in [4.78, 5) is 46.7. The van der Waals surface area contributed by atoms with Gasteiger partial charge in [-0.05, 0) is 47.7 Å². The topological polar surface area (TPSA) is 174 Å². The molecule has 0 fully saturated rings. The van der Waals surface area contributed by atoms with Crippen LogP contribution in [0, 0.1) is 10.1 Å². The van der Waals surface area contributed by atoms with E-state index in [0.29, 0.717) is 5.69 Å². The molecule has 1 atom stereocenters. The molecule has 2 aromatic carbocycles. The Morgan fingerprint density at radius 1 is 1.03 bits per heavy atom. The van der Waals surface area contributed by atoms with Gasteiger partial charge in [-0.3, -0.25) is 35.3 Å². The number of amides is 3. The van der Waals surface area contributed by atoms with E-state index in [1.165, 1.54) is 48.3 Å². The van der Waals surface area contributed by atoms with Crippen LogP contribution in [-0.4, -0.2) is 48.9 Å². The molecule has 31 heavy (non-hydrogen) atoms. The fourth-order valence-corrected chi connectivity index (χ4v) is 2.45. The number of hydrazine groups is 1. The average molecular weight is 424 g/mol. The number of nitro groups is 1. The molecule has 3 amide bonds. The quantitative estimate of drug-likeness (QED) is 0.370. The summed E-state index contributed by atoms with van der Waals surface area (Å²) in [5, 5.41) is 24.0. The first-order chi connectivity index (χ1) is 14.8. The lowest BCUT2D eigenvalue weighted by Crippen LogP contribution is -2.51. The lowest BCUT2D eigenvalue weighted by Gasteiger charge is -2.14. The first kappa shape index (κ1) is 21.0. The number of carbonyl (C=O) groups excluding carboxylic acids is 3. The van der Waals surface area contributed by atoms with Crippen molar-refractivity contribution in [2.24, 2.45) is 0 Å². The molecule has 13 heteroatoms. The molecule has 0 saturated carbocycles. The average Bonchev–Trinajstić information content (AvgIpc) is 3.32. The number of aromatic nitrogens is 4. The van der Waals surface area contributed by atoms with E-state index < -0.39 is 28.7 Å².